The Bertz CT molecular complexity index is 359. The van der Waals surface area contributed by atoms with Gasteiger partial charge in [0.05, 0.1) is 12.7 Å². The third-order valence-electron chi connectivity index (χ3n) is 4.15. The number of nitrogens with zero attached hydrogens (tertiary/aromatic N) is 2. The van der Waals surface area contributed by atoms with Gasteiger partial charge in [-0.3, -0.25) is 14.6 Å². The van der Waals surface area contributed by atoms with Gasteiger partial charge in [0, 0.05) is 12.6 Å². The molecule has 1 amide bonds. The van der Waals surface area contributed by atoms with Crippen molar-refractivity contribution < 1.29 is 18.0 Å². The quantitative estimate of drug-likeness (QED) is 0.839. The number of nitrogens with one attached hydrogen (secondary N) is 1. The fourth-order valence-corrected chi connectivity index (χ4v) is 3.17. The predicted octanol–water partition coefficient (Wildman–Crippen LogP) is 1.57. The van der Waals surface area contributed by atoms with Gasteiger partial charge < -0.3 is 5.32 Å². The molecule has 0 saturated carbocycles. The number of piperazine rings is 1. The lowest BCUT2D eigenvalue weighted by Crippen LogP contribution is -2.67. The van der Waals surface area contributed by atoms with Gasteiger partial charge in [-0.1, -0.05) is 0 Å². The van der Waals surface area contributed by atoms with Crippen LogP contribution in [0, 0.1) is 0 Å². The van der Waals surface area contributed by atoms with Gasteiger partial charge in [0.15, 0.2) is 0 Å². The summed E-state index contributed by atoms with van der Waals surface area (Å²) < 4.78 is 39.6. The van der Waals surface area contributed by atoms with E-state index in [4.69, 9.17) is 0 Å². The van der Waals surface area contributed by atoms with Crippen LogP contribution in [0.2, 0.25) is 0 Å². The Hall–Kier alpha value is -0.820. The highest BCUT2D eigenvalue weighted by Crippen LogP contribution is 2.31. The molecule has 20 heavy (non-hydrogen) atoms. The lowest BCUT2D eigenvalue weighted by atomic mass is 10.0. The third-order valence-corrected chi connectivity index (χ3v) is 4.15. The summed E-state index contributed by atoms with van der Waals surface area (Å²) >= 11 is 0. The zero-order valence-corrected chi connectivity index (χ0v) is 11.9. The van der Waals surface area contributed by atoms with Crippen LogP contribution in [0.5, 0.6) is 0 Å². The van der Waals surface area contributed by atoms with Crippen molar-refractivity contribution in [3.8, 4) is 0 Å². The monoisotopic (exact) mass is 293 g/mol. The van der Waals surface area contributed by atoms with Crippen LogP contribution in [-0.2, 0) is 4.79 Å². The van der Waals surface area contributed by atoms with Crippen LogP contribution in [0.25, 0.3) is 0 Å². The standard InChI is InChI=1S/C13H22F3N3O/c1-9(2)18-6-4-3-5-12(18)19-8-11(20)17-7-10(19)13(14,15)16/h9-10,12H,3-8H2,1-2H3,(H,17,20). The Balaban J connectivity index is 2.22. The summed E-state index contributed by atoms with van der Waals surface area (Å²) in [5, 5.41) is 2.33. The van der Waals surface area contributed by atoms with Crippen LogP contribution in [0.4, 0.5) is 13.2 Å². The van der Waals surface area contributed by atoms with Crippen molar-refractivity contribution in [2.24, 2.45) is 0 Å². The predicted molar refractivity (Wildman–Crippen MR) is 69.0 cm³/mol. The molecule has 0 aliphatic carbocycles. The van der Waals surface area contributed by atoms with E-state index in [9.17, 15) is 18.0 Å². The van der Waals surface area contributed by atoms with Crippen LogP contribution in [0.15, 0.2) is 0 Å². The number of amides is 1. The van der Waals surface area contributed by atoms with E-state index in [1.807, 2.05) is 13.8 Å². The number of likely N-dealkylation sites (tertiary alicyclic amines) is 1. The van der Waals surface area contributed by atoms with Crippen LogP contribution in [0.1, 0.15) is 33.1 Å². The molecule has 0 spiro atoms. The molecule has 116 valence electrons. The molecular formula is C13H22F3N3O. The maximum absolute atomic E-state index is 13.2. The van der Waals surface area contributed by atoms with Gasteiger partial charge in [-0.15, -0.1) is 0 Å². The van der Waals surface area contributed by atoms with E-state index in [0.29, 0.717) is 6.42 Å². The molecule has 0 aromatic rings. The van der Waals surface area contributed by atoms with Crippen molar-refractivity contribution in [2.75, 3.05) is 19.6 Å². The molecule has 2 atom stereocenters. The van der Waals surface area contributed by atoms with Crippen molar-refractivity contribution in [3.05, 3.63) is 0 Å². The van der Waals surface area contributed by atoms with E-state index in [1.165, 1.54) is 4.90 Å². The molecule has 4 nitrogen and oxygen atoms in total. The molecule has 2 aliphatic rings. The summed E-state index contributed by atoms with van der Waals surface area (Å²) in [6, 6.07) is -1.40. The van der Waals surface area contributed by atoms with Crippen molar-refractivity contribution in [2.45, 2.75) is 57.5 Å². The van der Waals surface area contributed by atoms with Gasteiger partial charge >= 0.3 is 6.18 Å². The van der Waals surface area contributed by atoms with Gasteiger partial charge in [-0.05, 0) is 39.7 Å². The topological polar surface area (TPSA) is 35.6 Å². The number of rotatable bonds is 2. The zero-order chi connectivity index (χ0) is 14.9. The normalized spacial score (nSPS) is 30.6. The Morgan fingerprint density at radius 1 is 1.30 bits per heavy atom. The minimum atomic E-state index is -4.31. The maximum atomic E-state index is 13.2. The number of hydrogen-bond donors (Lipinski definition) is 1. The lowest BCUT2D eigenvalue weighted by molar-refractivity contribution is -0.207. The van der Waals surface area contributed by atoms with Crippen molar-refractivity contribution >= 4 is 5.91 Å². The fourth-order valence-electron chi connectivity index (χ4n) is 3.17. The molecule has 2 aliphatic heterocycles. The average Bonchev–Trinajstić information content (AvgIpc) is 2.37. The second-order valence-electron chi connectivity index (χ2n) is 5.84. The lowest BCUT2D eigenvalue weighted by Gasteiger charge is -2.49. The summed E-state index contributed by atoms with van der Waals surface area (Å²) in [7, 11) is 0. The summed E-state index contributed by atoms with van der Waals surface area (Å²) in [5.41, 5.74) is 0. The average molecular weight is 293 g/mol. The Morgan fingerprint density at radius 2 is 2.00 bits per heavy atom. The SMILES string of the molecule is CC(C)N1CCCCC1N1CC(=O)NCC1C(F)(F)F. The highest BCUT2D eigenvalue weighted by atomic mass is 19.4. The first-order valence-corrected chi connectivity index (χ1v) is 7.15. The second kappa shape index (κ2) is 5.89. The zero-order valence-electron chi connectivity index (χ0n) is 11.9. The van der Waals surface area contributed by atoms with Gasteiger partial charge in [0.2, 0.25) is 5.91 Å². The smallest absolute Gasteiger partial charge is 0.353 e. The number of carbonyl (C=O) groups excluding carboxylic acids is 1. The number of hydrogen-bond acceptors (Lipinski definition) is 3. The molecule has 2 heterocycles. The van der Waals surface area contributed by atoms with E-state index in [1.54, 1.807) is 0 Å². The van der Waals surface area contributed by atoms with E-state index >= 15 is 0 Å². The molecule has 0 aromatic heterocycles. The van der Waals surface area contributed by atoms with Gasteiger partial charge in [0.1, 0.15) is 6.04 Å². The molecular weight excluding hydrogens is 271 g/mol. The first-order valence-electron chi connectivity index (χ1n) is 7.15. The molecule has 0 aromatic carbocycles. The Morgan fingerprint density at radius 3 is 2.60 bits per heavy atom. The van der Waals surface area contributed by atoms with Gasteiger partial charge in [0.25, 0.3) is 0 Å². The number of halogens is 3. The van der Waals surface area contributed by atoms with Gasteiger partial charge in [-0.25, -0.2) is 0 Å². The Kier molecular flexibility index (Phi) is 4.59. The molecule has 2 fully saturated rings. The Labute approximate surface area is 117 Å². The number of alkyl halides is 3. The number of piperidine rings is 1. The highest BCUT2D eigenvalue weighted by molar-refractivity contribution is 5.79. The van der Waals surface area contributed by atoms with Crippen LogP contribution < -0.4 is 5.32 Å². The van der Waals surface area contributed by atoms with Crippen LogP contribution in [0.3, 0.4) is 0 Å². The van der Waals surface area contributed by atoms with Crippen molar-refractivity contribution in [1.82, 2.24) is 15.1 Å². The van der Waals surface area contributed by atoms with E-state index < -0.39 is 12.2 Å². The molecule has 2 saturated heterocycles. The summed E-state index contributed by atoms with van der Waals surface area (Å²) in [5.74, 6) is -0.320. The first kappa shape index (κ1) is 15.6. The molecule has 1 N–H and O–H groups in total. The van der Waals surface area contributed by atoms with E-state index in [0.717, 1.165) is 19.4 Å². The summed E-state index contributed by atoms with van der Waals surface area (Å²) in [6.07, 6.45) is -1.99. The third kappa shape index (κ3) is 3.25. The van der Waals surface area contributed by atoms with Crippen molar-refractivity contribution in [3.63, 3.8) is 0 Å². The summed E-state index contributed by atoms with van der Waals surface area (Å²) in [6.45, 7) is 4.27. The fraction of sp³-hybridized carbons (Fsp3) is 0.923. The molecule has 7 heteroatoms. The highest BCUT2D eigenvalue weighted by Gasteiger charge is 2.49. The molecule has 0 bridgehead atoms. The minimum Gasteiger partial charge on any atom is -0.353 e. The molecule has 2 rings (SSSR count). The molecule has 2 unspecified atom stereocenters. The minimum absolute atomic E-state index is 0.169. The number of carbonyl (C=O) groups is 1. The van der Waals surface area contributed by atoms with Crippen LogP contribution in [-0.4, -0.2) is 59.8 Å². The van der Waals surface area contributed by atoms with Crippen LogP contribution >= 0.6 is 0 Å². The largest absolute Gasteiger partial charge is 0.405 e. The van der Waals surface area contributed by atoms with Crippen molar-refractivity contribution in [1.29, 1.82) is 0 Å². The summed E-state index contributed by atoms with van der Waals surface area (Å²) in [4.78, 5) is 15.0. The first-order chi connectivity index (χ1) is 9.30. The second-order valence-corrected chi connectivity index (χ2v) is 5.84. The van der Waals surface area contributed by atoms with E-state index in [2.05, 4.69) is 10.2 Å². The van der Waals surface area contributed by atoms with E-state index in [-0.39, 0.29) is 31.2 Å². The molecule has 0 radical (unpaired) electrons. The maximum Gasteiger partial charge on any atom is 0.405 e. The van der Waals surface area contributed by atoms with Gasteiger partial charge in [-0.2, -0.15) is 13.2 Å².